The number of aromatic nitrogens is 1. The Balaban J connectivity index is 1.54. The third kappa shape index (κ3) is 4.23. The van der Waals surface area contributed by atoms with Crippen molar-refractivity contribution in [3.8, 4) is 5.75 Å². The number of rotatable bonds is 5. The van der Waals surface area contributed by atoms with Crippen LogP contribution in [0, 0.1) is 5.82 Å². The number of ether oxygens (including phenoxy) is 2. The molecule has 7 nitrogen and oxygen atoms in total. The van der Waals surface area contributed by atoms with Gasteiger partial charge in [0.1, 0.15) is 17.7 Å². The predicted molar refractivity (Wildman–Crippen MR) is 110 cm³/mol. The minimum Gasteiger partial charge on any atom is -0.488 e. The molecular formula is C21H21FN4O3. The van der Waals surface area contributed by atoms with Gasteiger partial charge in [0.15, 0.2) is 0 Å². The van der Waals surface area contributed by atoms with E-state index in [4.69, 9.17) is 21.1 Å². The summed E-state index contributed by atoms with van der Waals surface area (Å²) in [5.74, 6) is 6.40. The maximum atomic E-state index is 13.5. The van der Waals surface area contributed by atoms with Gasteiger partial charge in [0.25, 0.3) is 5.56 Å². The van der Waals surface area contributed by atoms with E-state index in [0.717, 1.165) is 12.2 Å². The maximum absolute atomic E-state index is 13.5. The fourth-order valence-corrected chi connectivity index (χ4v) is 3.18. The molecule has 150 valence electrons. The van der Waals surface area contributed by atoms with Crippen molar-refractivity contribution in [2.24, 2.45) is 11.6 Å². The summed E-state index contributed by atoms with van der Waals surface area (Å²) in [7, 11) is 0. The zero-order chi connectivity index (χ0) is 20.4. The van der Waals surface area contributed by atoms with E-state index in [9.17, 15) is 9.18 Å². The molecular weight excluding hydrogens is 375 g/mol. The number of aromatic amines is 1. The lowest BCUT2D eigenvalue weighted by Gasteiger charge is -2.17. The first-order valence-electron chi connectivity index (χ1n) is 9.18. The summed E-state index contributed by atoms with van der Waals surface area (Å²) >= 11 is 0. The summed E-state index contributed by atoms with van der Waals surface area (Å²) in [6, 6.07) is 12.8. The molecule has 0 saturated carbocycles. The molecule has 1 aliphatic heterocycles. The number of hydrogen-bond donors (Lipinski definition) is 3. The van der Waals surface area contributed by atoms with Crippen LogP contribution in [-0.4, -0.2) is 24.3 Å². The van der Waals surface area contributed by atoms with E-state index in [1.54, 1.807) is 12.1 Å². The summed E-state index contributed by atoms with van der Waals surface area (Å²) in [4.78, 5) is 15.0. The van der Waals surface area contributed by atoms with Crippen LogP contribution in [0.1, 0.15) is 12.0 Å². The average Bonchev–Trinajstić information content (AvgIpc) is 3.21. The van der Waals surface area contributed by atoms with Crippen LogP contribution in [-0.2, 0) is 4.74 Å². The van der Waals surface area contributed by atoms with Crippen molar-refractivity contribution in [3.05, 3.63) is 76.5 Å². The number of pyridine rings is 1. The normalized spacial score (nSPS) is 16.9. The lowest BCUT2D eigenvalue weighted by Crippen LogP contribution is -2.27. The lowest BCUT2D eigenvalue weighted by molar-refractivity contribution is 0.141. The number of anilines is 1. The number of nitrogens with one attached hydrogen (secondary N) is 1. The fraction of sp³-hybridized carbons (Fsp3) is 0.190. The van der Waals surface area contributed by atoms with Crippen molar-refractivity contribution in [1.82, 2.24) is 4.98 Å². The average molecular weight is 396 g/mol. The van der Waals surface area contributed by atoms with Gasteiger partial charge in [-0.2, -0.15) is 0 Å². The highest BCUT2D eigenvalue weighted by molar-refractivity contribution is 5.82. The minimum atomic E-state index is -0.398. The molecule has 0 radical (unpaired) electrons. The molecule has 1 saturated heterocycles. The predicted octanol–water partition coefficient (Wildman–Crippen LogP) is 2.47. The molecule has 1 aliphatic rings. The van der Waals surface area contributed by atoms with Crippen molar-refractivity contribution < 1.29 is 13.9 Å². The van der Waals surface area contributed by atoms with Gasteiger partial charge in [0, 0.05) is 23.5 Å². The molecule has 1 unspecified atom stereocenters. The summed E-state index contributed by atoms with van der Waals surface area (Å²) in [6.07, 6.45) is 2.37. The Morgan fingerprint density at radius 3 is 2.76 bits per heavy atom. The summed E-state index contributed by atoms with van der Waals surface area (Å²) in [6.45, 7) is 1.30. The zero-order valence-electron chi connectivity index (χ0n) is 15.6. The number of hydrazine groups is 1. The first-order chi connectivity index (χ1) is 14.0. The lowest BCUT2D eigenvalue weighted by atomic mass is 10.1. The van der Waals surface area contributed by atoms with Crippen LogP contribution in [0.5, 0.6) is 5.75 Å². The molecule has 2 aromatic carbocycles. The third-order valence-corrected chi connectivity index (χ3v) is 4.72. The van der Waals surface area contributed by atoms with Crippen LogP contribution in [0.3, 0.4) is 0 Å². The number of fused-ring (bicyclic) bond motifs is 1. The molecule has 0 amide bonds. The minimum absolute atomic E-state index is 0.0647. The molecule has 0 spiro atoms. The van der Waals surface area contributed by atoms with Gasteiger partial charge in [-0.05, 0) is 48.5 Å². The standard InChI is InChI=1S/C21H21FN4O3/c22-14-1-6-20-13(9-14)10-18(21(27)25-20)19(23)11-26(24)15-2-4-16(5-3-15)29-17-7-8-28-12-17/h1-6,9-11,17H,7-8,12,23-24H2,(H,25,27)/b19-11-. The smallest absolute Gasteiger partial charge is 0.257 e. The maximum Gasteiger partial charge on any atom is 0.257 e. The fourth-order valence-electron chi connectivity index (χ4n) is 3.18. The van der Waals surface area contributed by atoms with Gasteiger partial charge in [0.2, 0.25) is 0 Å². The van der Waals surface area contributed by atoms with Gasteiger partial charge in [-0.3, -0.25) is 9.80 Å². The second-order valence-corrected chi connectivity index (χ2v) is 6.83. The van der Waals surface area contributed by atoms with Crippen molar-refractivity contribution >= 4 is 22.3 Å². The van der Waals surface area contributed by atoms with E-state index in [1.807, 2.05) is 12.1 Å². The van der Waals surface area contributed by atoms with Crippen LogP contribution in [0.4, 0.5) is 10.1 Å². The van der Waals surface area contributed by atoms with Crippen LogP contribution < -0.4 is 26.9 Å². The Morgan fingerprint density at radius 2 is 2.03 bits per heavy atom. The van der Waals surface area contributed by atoms with Gasteiger partial charge < -0.3 is 20.2 Å². The second kappa shape index (κ2) is 7.94. The Morgan fingerprint density at radius 1 is 1.24 bits per heavy atom. The first-order valence-corrected chi connectivity index (χ1v) is 9.18. The summed E-state index contributed by atoms with van der Waals surface area (Å²) in [5, 5.41) is 1.85. The van der Waals surface area contributed by atoms with Gasteiger partial charge in [0.05, 0.1) is 30.2 Å². The van der Waals surface area contributed by atoms with E-state index in [1.165, 1.54) is 35.5 Å². The van der Waals surface area contributed by atoms with E-state index < -0.39 is 5.82 Å². The highest BCUT2D eigenvalue weighted by Crippen LogP contribution is 2.22. The highest BCUT2D eigenvalue weighted by atomic mass is 19.1. The Bertz CT molecular complexity index is 1110. The van der Waals surface area contributed by atoms with E-state index in [2.05, 4.69) is 4.98 Å². The number of nitrogens with two attached hydrogens (primary N) is 2. The summed E-state index contributed by atoms with van der Waals surface area (Å²) < 4.78 is 24.6. The highest BCUT2D eigenvalue weighted by Gasteiger charge is 2.17. The molecule has 0 bridgehead atoms. The Kier molecular flexibility index (Phi) is 5.20. The number of halogens is 1. The van der Waals surface area contributed by atoms with Crippen molar-refractivity contribution in [2.45, 2.75) is 12.5 Å². The van der Waals surface area contributed by atoms with E-state index in [-0.39, 0.29) is 22.9 Å². The largest absolute Gasteiger partial charge is 0.488 e. The van der Waals surface area contributed by atoms with Gasteiger partial charge in [-0.1, -0.05) is 0 Å². The Labute approximate surface area is 166 Å². The van der Waals surface area contributed by atoms with Crippen LogP contribution in [0.25, 0.3) is 16.6 Å². The molecule has 4 rings (SSSR count). The van der Waals surface area contributed by atoms with E-state index in [0.29, 0.717) is 29.8 Å². The molecule has 0 aliphatic carbocycles. The van der Waals surface area contributed by atoms with Crippen molar-refractivity contribution in [3.63, 3.8) is 0 Å². The van der Waals surface area contributed by atoms with Gasteiger partial charge in [-0.25, -0.2) is 10.2 Å². The quantitative estimate of drug-likeness (QED) is 0.452. The number of hydrogen-bond acceptors (Lipinski definition) is 6. The SMILES string of the molecule is N/C(=C\N(N)c1ccc(OC2CCOC2)cc1)c1cc2cc(F)ccc2[nH]c1=O. The number of H-pyrrole nitrogens is 1. The molecule has 1 fully saturated rings. The molecule has 2 heterocycles. The first kappa shape index (κ1) is 19.0. The number of benzene rings is 2. The third-order valence-electron chi connectivity index (χ3n) is 4.72. The van der Waals surface area contributed by atoms with Gasteiger partial charge >= 0.3 is 0 Å². The molecule has 5 N–H and O–H groups in total. The van der Waals surface area contributed by atoms with Crippen LogP contribution >= 0.6 is 0 Å². The molecule has 3 aromatic rings. The number of nitrogens with zero attached hydrogens (tertiary/aromatic N) is 1. The second-order valence-electron chi connectivity index (χ2n) is 6.83. The monoisotopic (exact) mass is 396 g/mol. The Hall–Kier alpha value is -3.36. The van der Waals surface area contributed by atoms with E-state index >= 15 is 0 Å². The van der Waals surface area contributed by atoms with Gasteiger partial charge in [-0.15, -0.1) is 0 Å². The van der Waals surface area contributed by atoms with Crippen LogP contribution in [0.2, 0.25) is 0 Å². The molecule has 8 heteroatoms. The zero-order valence-corrected chi connectivity index (χ0v) is 15.6. The van der Waals surface area contributed by atoms with Crippen LogP contribution in [0.15, 0.2) is 59.5 Å². The van der Waals surface area contributed by atoms with Crippen molar-refractivity contribution in [1.29, 1.82) is 0 Å². The topological polar surface area (TPSA) is 107 Å². The summed E-state index contributed by atoms with van der Waals surface area (Å²) in [5.41, 5.74) is 7.26. The molecule has 1 aromatic heterocycles. The molecule has 29 heavy (non-hydrogen) atoms. The molecule has 1 atom stereocenters. The van der Waals surface area contributed by atoms with Crippen molar-refractivity contribution in [2.75, 3.05) is 18.2 Å².